The number of amides is 1. The summed E-state index contributed by atoms with van der Waals surface area (Å²) < 4.78 is 4.70. The number of anilines is 1. The summed E-state index contributed by atoms with van der Waals surface area (Å²) in [5.74, 6) is -0.469. The Morgan fingerprint density at radius 3 is 2.59 bits per heavy atom. The number of nitrogens with one attached hydrogen (secondary N) is 1. The van der Waals surface area contributed by atoms with E-state index in [1.54, 1.807) is 35.6 Å². The van der Waals surface area contributed by atoms with E-state index in [0.29, 0.717) is 17.8 Å². The molecule has 0 radical (unpaired) electrons. The number of thiophene rings is 1. The normalized spacial score (nSPS) is 16.1. The maximum absolute atomic E-state index is 12.7. The Bertz CT molecular complexity index is 998. The lowest BCUT2D eigenvalue weighted by Gasteiger charge is -2.35. The molecule has 5 nitrogen and oxygen atoms in total. The summed E-state index contributed by atoms with van der Waals surface area (Å²) >= 11 is 1.79. The molecule has 1 aliphatic rings. The number of esters is 1. The third-order valence-electron chi connectivity index (χ3n) is 5.12. The van der Waals surface area contributed by atoms with E-state index in [-0.39, 0.29) is 11.9 Å². The van der Waals surface area contributed by atoms with Gasteiger partial charge in [0.2, 0.25) is 5.91 Å². The molecule has 0 aliphatic carbocycles. The molecule has 0 spiro atoms. The summed E-state index contributed by atoms with van der Waals surface area (Å²) in [7, 11) is 1.35. The first-order valence-corrected chi connectivity index (χ1v) is 10.4. The molecule has 1 N–H and O–H groups in total. The van der Waals surface area contributed by atoms with Gasteiger partial charge in [0.15, 0.2) is 0 Å². The van der Waals surface area contributed by atoms with Crippen LogP contribution in [0.1, 0.15) is 32.4 Å². The molecule has 2 aromatic carbocycles. The van der Waals surface area contributed by atoms with Crippen LogP contribution in [0.2, 0.25) is 0 Å². The van der Waals surface area contributed by atoms with Gasteiger partial charge in [-0.25, -0.2) is 4.79 Å². The molecule has 0 saturated carbocycles. The minimum Gasteiger partial charge on any atom is -0.465 e. The van der Waals surface area contributed by atoms with Gasteiger partial charge in [0.1, 0.15) is 0 Å². The van der Waals surface area contributed by atoms with Crippen LogP contribution >= 0.6 is 11.3 Å². The fourth-order valence-electron chi connectivity index (χ4n) is 3.76. The highest BCUT2D eigenvalue weighted by Gasteiger charge is 2.30. The van der Waals surface area contributed by atoms with Crippen LogP contribution in [0.5, 0.6) is 0 Å². The molecule has 1 aromatic heterocycles. The zero-order valence-electron chi connectivity index (χ0n) is 16.1. The molecule has 1 amide bonds. The third-order valence-corrected chi connectivity index (χ3v) is 6.11. The zero-order chi connectivity index (χ0) is 20.2. The molecule has 1 unspecified atom stereocenters. The quantitative estimate of drug-likeness (QED) is 0.648. The van der Waals surface area contributed by atoms with Gasteiger partial charge < -0.3 is 10.1 Å². The molecule has 4 rings (SSSR count). The van der Waals surface area contributed by atoms with Crippen LogP contribution in [0.4, 0.5) is 5.69 Å². The van der Waals surface area contributed by atoms with Crippen LogP contribution in [-0.2, 0) is 16.0 Å². The van der Waals surface area contributed by atoms with Crippen molar-refractivity contribution in [2.24, 2.45) is 0 Å². The van der Waals surface area contributed by atoms with E-state index in [2.05, 4.69) is 33.8 Å². The fourth-order valence-corrected chi connectivity index (χ4v) is 4.66. The number of hydrogen-bond acceptors (Lipinski definition) is 5. The van der Waals surface area contributed by atoms with Gasteiger partial charge in [-0.1, -0.05) is 30.3 Å². The molecule has 1 atom stereocenters. The number of hydrogen-bond donors (Lipinski definition) is 1. The Labute approximate surface area is 173 Å². The van der Waals surface area contributed by atoms with Crippen molar-refractivity contribution in [3.05, 3.63) is 87.6 Å². The molecule has 6 heteroatoms. The van der Waals surface area contributed by atoms with Gasteiger partial charge in [-0.15, -0.1) is 11.3 Å². The van der Waals surface area contributed by atoms with Crippen LogP contribution in [-0.4, -0.2) is 37.0 Å². The zero-order valence-corrected chi connectivity index (χ0v) is 16.9. The van der Waals surface area contributed by atoms with Gasteiger partial charge in [-0.2, -0.15) is 0 Å². The largest absolute Gasteiger partial charge is 0.465 e. The summed E-state index contributed by atoms with van der Waals surface area (Å²) in [6.45, 7) is 1.13. The molecule has 29 heavy (non-hydrogen) atoms. The van der Waals surface area contributed by atoms with E-state index < -0.39 is 5.97 Å². The third kappa shape index (κ3) is 4.23. The number of benzene rings is 2. The number of rotatable bonds is 5. The summed E-state index contributed by atoms with van der Waals surface area (Å²) in [5, 5.41) is 5.07. The van der Waals surface area contributed by atoms with Crippen molar-refractivity contribution < 1.29 is 14.3 Å². The van der Waals surface area contributed by atoms with Crippen LogP contribution < -0.4 is 5.32 Å². The van der Waals surface area contributed by atoms with E-state index in [4.69, 9.17) is 4.74 Å². The monoisotopic (exact) mass is 406 g/mol. The Morgan fingerprint density at radius 1 is 1.10 bits per heavy atom. The van der Waals surface area contributed by atoms with Crippen molar-refractivity contribution in [1.29, 1.82) is 0 Å². The average Bonchev–Trinajstić information content (AvgIpc) is 3.23. The molecule has 148 valence electrons. The number of fused-ring (bicyclic) bond motifs is 1. The van der Waals surface area contributed by atoms with Crippen molar-refractivity contribution in [3.8, 4) is 0 Å². The second-order valence-electron chi connectivity index (χ2n) is 6.95. The summed E-state index contributed by atoms with van der Waals surface area (Å²) in [6.07, 6.45) is 0.956. The number of methoxy groups -OCH3 is 1. The highest BCUT2D eigenvalue weighted by molar-refractivity contribution is 7.10. The minimum atomic E-state index is -0.395. The standard InChI is InChI=1S/C23H22N2O3S/c1-28-23(27)17-7-9-18(10-8-17)24-21(26)15-25-13-11-20-19(12-14-29-20)22(25)16-5-3-2-4-6-16/h2-10,12,14,22H,11,13,15H2,1H3,(H,24,26). The Kier molecular flexibility index (Phi) is 5.74. The van der Waals surface area contributed by atoms with Gasteiger partial charge in [-0.3, -0.25) is 9.69 Å². The first-order chi connectivity index (χ1) is 14.2. The molecule has 2 heterocycles. The van der Waals surface area contributed by atoms with E-state index in [0.717, 1.165) is 13.0 Å². The van der Waals surface area contributed by atoms with Gasteiger partial charge in [0, 0.05) is 17.1 Å². The van der Waals surface area contributed by atoms with Gasteiger partial charge in [0.25, 0.3) is 0 Å². The van der Waals surface area contributed by atoms with Crippen LogP contribution in [0.25, 0.3) is 0 Å². The average molecular weight is 407 g/mol. The van der Waals surface area contributed by atoms with Crippen molar-refractivity contribution in [3.63, 3.8) is 0 Å². The van der Waals surface area contributed by atoms with Gasteiger partial charge in [-0.05, 0) is 53.3 Å². The Hall–Kier alpha value is -2.96. The van der Waals surface area contributed by atoms with Gasteiger partial charge >= 0.3 is 5.97 Å². The topological polar surface area (TPSA) is 58.6 Å². The summed E-state index contributed by atoms with van der Waals surface area (Å²) in [6, 6.07) is 19.3. The highest BCUT2D eigenvalue weighted by atomic mass is 32.1. The highest BCUT2D eigenvalue weighted by Crippen LogP contribution is 2.37. The molecular formula is C23H22N2O3S. The molecule has 0 fully saturated rings. The summed E-state index contributed by atoms with van der Waals surface area (Å²) in [5.41, 5.74) is 3.60. The van der Waals surface area contributed by atoms with Crippen LogP contribution in [0, 0.1) is 0 Å². The van der Waals surface area contributed by atoms with E-state index >= 15 is 0 Å². The number of carbonyl (C=O) groups is 2. The second kappa shape index (κ2) is 8.59. The maximum atomic E-state index is 12.7. The fraction of sp³-hybridized carbons (Fsp3) is 0.217. The number of carbonyl (C=O) groups excluding carboxylic acids is 2. The Balaban J connectivity index is 1.49. The lowest BCUT2D eigenvalue weighted by molar-refractivity contribution is -0.117. The second-order valence-corrected chi connectivity index (χ2v) is 7.95. The van der Waals surface area contributed by atoms with Crippen molar-refractivity contribution in [2.75, 3.05) is 25.5 Å². The molecule has 0 saturated heterocycles. The lowest BCUT2D eigenvalue weighted by Crippen LogP contribution is -2.40. The van der Waals surface area contributed by atoms with E-state index in [1.165, 1.54) is 23.1 Å². The molecule has 3 aromatic rings. The predicted octanol–water partition coefficient (Wildman–Crippen LogP) is 4.12. The SMILES string of the molecule is COC(=O)c1ccc(NC(=O)CN2CCc3sccc3C2c2ccccc2)cc1. The number of nitrogens with zero attached hydrogens (tertiary/aromatic N) is 1. The van der Waals surface area contributed by atoms with Gasteiger partial charge in [0.05, 0.1) is 25.3 Å². The first kappa shape index (κ1) is 19.4. The van der Waals surface area contributed by atoms with Crippen molar-refractivity contribution >= 4 is 28.9 Å². The molecule has 0 bridgehead atoms. The maximum Gasteiger partial charge on any atom is 0.337 e. The summed E-state index contributed by atoms with van der Waals surface area (Å²) in [4.78, 5) is 27.9. The lowest BCUT2D eigenvalue weighted by atomic mass is 9.93. The van der Waals surface area contributed by atoms with Crippen molar-refractivity contribution in [2.45, 2.75) is 12.5 Å². The van der Waals surface area contributed by atoms with Crippen LogP contribution in [0.15, 0.2) is 66.0 Å². The first-order valence-electron chi connectivity index (χ1n) is 9.49. The predicted molar refractivity (Wildman–Crippen MR) is 114 cm³/mol. The molecule has 1 aliphatic heterocycles. The minimum absolute atomic E-state index is 0.0737. The smallest absolute Gasteiger partial charge is 0.337 e. The molecular weight excluding hydrogens is 384 g/mol. The Morgan fingerprint density at radius 2 is 1.86 bits per heavy atom. The van der Waals surface area contributed by atoms with Crippen LogP contribution in [0.3, 0.4) is 0 Å². The van der Waals surface area contributed by atoms with Crippen molar-refractivity contribution in [1.82, 2.24) is 4.90 Å². The van der Waals surface area contributed by atoms with E-state index in [9.17, 15) is 9.59 Å². The number of ether oxygens (including phenoxy) is 1. The van der Waals surface area contributed by atoms with E-state index in [1.807, 2.05) is 18.2 Å².